The molecule has 0 bridgehead atoms. The minimum absolute atomic E-state index is 0.0330. The van der Waals surface area contributed by atoms with E-state index < -0.39 is 0 Å². The molecule has 146 valence electrons. The Bertz CT molecular complexity index is 1150. The predicted molar refractivity (Wildman–Crippen MR) is 121 cm³/mol. The number of allylic oxidation sites excluding steroid dienone is 2. The van der Waals surface area contributed by atoms with Gasteiger partial charge >= 0.3 is 0 Å². The molecule has 0 spiro atoms. The molecule has 4 heteroatoms. The molecule has 0 saturated heterocycles. The summed E-state index contributed by atoms with van der Waals surface area (Å²) < 4.78 is 0. The van der Waals surface area contributed by atoms with Gasteiger partial charge in [0.1, 0.15) is 11.9 Å². The van der Waals surface area contributed by atoms with E-state index in [1.165, 1.54) is 16.8 Å². The van der Waals surface area contributed by atoms with Crippen LogP contribution in [0, 0.1) is 11.3 Å². The number of hydrogen-bond donors (Lipinski definition) is 1. The number of rotatable bonds is 3. The first kappa shape index (κ1) is 19.0. The largest absolute Gasteiger partial charge is 0.360 e. The number of fused-ring (bicyclic) bond motifs is 2. The van der Waals surface area contributed by atoms with E-state index in [0.717, 1.165) is 16.6 Å². The first-order valence-corrected chi connectivity index (χ1v) is 10.0. The van der Waals surface area contributed by atoms with Gasteiger partial charge in [-0.1, -0.05) is 24.3 Å². The van der Waals surface area contributed by atoms with Crippen LogP contribution in [0.3, 0.4) is 0 Å². The van der Waals surface area contributed by atoms with Gasteiger partial charge in [-0.3, -0.25) is 0 Å². The fourth-order valence-electron chi connectivity index (χ4n) is 4.50. The third-order valence-electron chi connectivity index (χ3n) is 5.49. The molecule has 0 radical (unpaired) electrons. The molecule has 1 aliphatic heterocycles. The number of H-pyrrole nitrogens is 1. The van der Waals surface area contributed by atoms with E-state index >= 15 is 0 Å². The molecule has 1 aliphatic rings. The predicted octanol–water partition coefficient (Wildman–Crippen LogP) is 6.04. The number of imidazole rings is 1. The summed E-state index contributed by atoms with van der Waals surface area (Å²) in [5.41, 5.74) is 7.01. The molecule has 2 aromatic carbocycles. The Hall–Kier alpha value is -3.32. The first-order chi connectivity index (χ1) is 13.8. The second kappa shape index (κ2) is 6.93. The van der Waals surface area contributed by atoms with Gasteiger partial charge in [0.15, 0.2) is 0 Å². The standard InChI is InChI=1S/C25H26N4/c1-16(2)29-23-11-10-18(13-20(23)17(3)14-25(29,4)5)12-19(15-26)24-27-21-8-6-7-9-22(21)28-24/h6-14,16H,1-5H3,(H,27,28)/b19-12-. The highest BCUT2D eigenvalue weighted by Gasteiger charge is 2.32. The van der Waals surface area contributed by atoms with Crippen LogP contribution in [0.4, 0.5) is 5.69 Å². The van der Waals surface area contributed by atoms with E-state index in [0.29, 0.717) is 17.4 Å². The van der Waals surface area contributed by atoms with E-state index in [1.807, 2.05) is 30.3 Å². The SMILES string of the molecule is CC1=CC(C)(C)N(C(C)C)c2ccc(/C=C(/C#N)c3nc4ccccc4[nH]3)cc21. The number of hydrogen-bond acceptors (Lipinski definition) is 3. The summed E-state index contributed by atoms with van der Waals surface area (Å²) in [4.78, 5) is 10.3. The van der Waals surface area contributed by atoms with Crippen molar-refractivity contribution < 1.29 is 0 Å². The fraction of sp³-hybridized carbons (Fsp3) is 0.280. The lowest BCUT2D eigenvalue weighted by Gasteiger charge is -2.46. The normalized spacial score (nSPS) is 16.0. The molecule has 0 atom stereocenters. The van der Waals surface area contributed by atoms with Crippen molar-refractivity contribution in [3.05, 3.63) is 65.5 Å². The van der Waals surface area contributed by atoms with E-state index in [1.54, 1.807) is 0 Å². The molecule has 0 aliphatic carbocycles. The Kier molecular flexibility index (Phi) is 4.55. The summed E-state index contributed by atoms with van der Waals surface area (Å²) in [5.74, 6) is 0.601. The Labute approximate surface area is 172 Å². The highest BCUT2D eigenvalue weighted by Crippen LogP contribution is 2.40. The molecule has 2 heterocycles. The number of nitrogens with zero attached hydrogens (tertiary/aromatic N) is 3. The highest BCUT2D eigenvalue weighted by molar-refractivity contribution is 5.91. The molecule has 1 aromatic heterocycles. The molecule has 4 nitrogen and oxygen atoms in total. The number of para-hydroxylation sites is 2. The zero-order chi connectivity index (χ0) is 20.8. The van der Waals surface area contributed by atoms with Gasteiger partial charge in [-0.25, -0.2) is 4.98 Å². The number of anilines is 1. The molecule has 0 fully saturated rings. The molecule has 29 heavy (non-hydrogen) atoms. The van der Waals surface area contributed by atoms with Crippen LogP contribution in [0.5, 0.6) is 0 Å². The first-order valence-electron chi connectivity index (χ1n) is 10.0. The molecule has 0 amide bonds. The van der Waals surface area contributed by atoms with Crippen molar-refractivity contribution in [1.29, 1.82) is 5.26 Å². The smallest absolute Gasteiger partial charge is 0.149 e. The van der Waals surface area contributed by atoms with Gasteiger partial charge in [0, 0.05) is 17.3 Å². The molecule has 0 unspecified atom stereocenters. The maximum atomic E-state index is 9.74. The zero-order valence-corrected chi connectivity index (χ0v) is 17.6. The van der Waals surface area contributed by atoms with E-state index in [-0.39, 0.29) is 5.54 Å². The molecular formula is C25H26N4. The van der Waals surface area contributed by atoms with Crippen LogP contribution < -0.4 is 4.90 Å². The van der Waals surface area contributed by atoms with E-state index in [2.05, 4.69) is 79.8 Å². The zero-order valence-electron chi connectivity index (χ0n) is 17.6. The van der Waals surface area contributed by atoms with Crippen molar-refractivity contribution >= 4 is 33.9 Å². The van der Waals surface area contributed by atoms with Crippen molar-refractivity contribution in [1.82, 2.24) is 9.97 Å². The Balaban J connectivity index is 1.79. The molecule has 4 rings (SSSR count). The van der Waals surface area contributed by atoms with Crippen LogP contribution in [0.15, 0.2) is 48.5 Å². The van der Waals surface area contributed by atoms with Crippen molar-refractivity contribution in [3.8, 4) is 6.07 Å². The minimum Gasteiger partial charge on any atom is -0.360 e. The van der Waals surface area contributed by atoms with Gasteiger partial charge in [0.2, 0.25) is 0 Å². The number of aromatic nitrogens is 2. The van der Waals surface area contributed by atoms with Gasteiger partial charge in [0.25, 0.3) is 0 Å². The van der Waals surface area contributed by atoms with Gasteiger partial charge in [0.05, 0.1) is 22.1 Å². The van der Waals surface area contributed by atoms with Crippen molar-refractivity contribution in [2.24, 2.45) is 0 Å². The third-order valence-corrected chi connectivity index (χ3v) is 5.49. The summed E-state index contributed by atoms with van der Waals surface area (Å²) in [6, 6.07) is 16.9. The lowest BCUT2D eigenvalue weighted by atomic mass is 9.87. The Morgan fingerprint density at radius 3 is 2.66 bits per heavy atom. The average Bonchev–Trinajstić information content (AvgIpc) is 3.09. The van der Waals surface area contributed by atoms with Crippen LogP contribution in [-0.4, -0.2) is 21.5 Å². The van der Waals surface area contributed by atoms with Crippen molar-refractivity contribution in [2.75, 3.05) is 4.90 Å². The second-order valence-electron chi connectivity index (χ2n) is 8.49. The average molecular weight is 383 g/mol. The van der Waals surface area contributed by atoms with Gasteiger partial charge in [-0.15, -0.1) is 0 Å². The Morgan fingerprint density at radius 2 is 1.97 bits per heavy atom. The van der Waals surface area contributed by atoms with Crippen LogP contribution >= 0.6 is 0 Å². The summed E-state index contributed by atoms with van der Waals surface area (Å²) in [5, 5.41) is 9.74. The number of aromatic amines is 1. The monoisotopic (exact) mass is 382 g/mol. The topological polar surface area (TPSA) is 55.7 Å². The molecule has 1 N–H and O–H groups in total. The van der Waals surface area contributed by atoms with Crippen LogP contribution in [0.1, 0.15) is 51.6 Å². The second-order valence-corrected chi connectivity index (χ2v) is 8.49. The van der Waals surface area contributed by atoms with Crippen LogP contribution in [0.2, 0.25) is 0 Å². The lowest BCUT2D eigenvalue weighted by molar-refractivity contribution is 0.507. The van der Waals surface area contributed by atoms with Crippen LogP contribution in [0.25, 0.3) is 28.3 Å². The van der Waals surface area contributed by atoms with Crippen molar-refractivity contribution in [2.45, 2.75) is 46.2 Å². The van der Waals surface area contributed by atoms with Crippen molar-refractivity contribution in [3.63, 3.8) is 0 Å². The molecule has 3 aromatic rings. The highest BCUT2D eigenvalue weighted by atomic mass is 15.2. The number of benzene rings is 2. The van der Waals surface area contributed by atoms with Gasteiger partial charge in [-0.2, -0.15) is 5.26 Å². The van der Waals surface area contributed by atoms with Gasteiger partial charge in [-0.05, 0) is 76.1 Å². The van der Waals surface area contributed by atoms with Crippen LogP contribution in [-0.2, 0) is 0 Å². The Morgan fingerprint density at radius 1 is 1.21 bits per heavy atom. The summed E-state index contributed by atoms with van der Waals surface area (Å²) in [7, 11) is 0. The summed E-state index contributed by atoms with van der Waals surface area (Å²) in [6.45, 7) is 11.1. The molecule has 0 saturated carbocycles. The number of nitrogens with one attached hydrogen (secondary N) is 1. The molecular weight excluding hydrogens is 356 g/mol. The maximum absolute atomic E-state index is 9.74. The number of nitriles is 1. The minimum atomic E-state index is -0.0330. The van der Waals surface area contributed by atoms with Gasteiger partial charge < -0.3 is 9.88 Å². The fourth-order valence-corrected chi connectivity index (χ4v) is 4.50. The van der Waals surface area contributed by atoms with E-state index in [4.69, 9.17) is 0 Å². The third kappa shape index (κ3) is 3.34. The lowest BCUT2D eigenvalue weighted by Crippen LogP contribution is -2.49. The summed E-state index contributed by atoms with van der Waals surface area (Å²) >= 11 is 0. The summed E-state index contributed by atoms with van der Waals surface area (Å²) in [6.07, 6.45) is 4.23. The quantitative estimate of drug-likeness (QED) is 0.562. The van der Waals surface area contributed by atoms with E-state index in [9.17, 15) is 5.26 Å². The maximum Gasteiger partial charge on any atom is 0.149 e.